The van der Waals surface area contributed by atoms with E-state index in [1.54, 1.807) is 30.1 Å². The number of benzene rings is 2. The van der Waals surface area contributed by atoms with Crippen molar-refractivity contribution in [3.8, 4) is 0 Å². The predicted molar refractivity (Wildman–Crippen MR) is 108 cm³/mol. The zero-order chi connectivity index (χ0) is 19.8. The lowest BCUT2D eigenvalue weighted by Gasteiger charge is -2.17. The van der Waals surface area contributed by atoms with E-state index >= 15 is 0 Å². The van der Waals surface area contributed by atoms with E-state index < -0.39 is 0 Å². The van der Waals surface area contributed by atoms with Gasteiger partial charge in [0, 0.05) is 31.3 Å². The molecular formula is C21H22N4O3. The molecule has 4 rings (SSSR count). The lowest BCUT2D eigenvalue weighted by Crippen LogP contribution is -2.26. The summed E-state index contributed by atoms with van der Waals surface area (Å²) < 4.78 is 0. The van der Waals surface area contributed by atoms with Crippen molar-refractivity contribution in [2.75, 3.05) is 29.1 Å². The smallest absolute Gasteiger partial charge is 0.251 e. The van der Waals surface area contributed by atoms with Gasteiger partial charge in [0.15, 0.2) is 0 Å². The summed E-state index contributed by atoms with van der Waals surface area (Å²) in [5, 5.41) is 9.00. The number of likely N-dealkylation sites (N-methyl/N-ethyl adjacent to an activating group) is 1. The quantitative estimate of drug-likeness (QED) is 0.765. The number of nitrogens with zero attached hydrogens (tertiary/aromatic N) is 1. The van der Waals surface area contributed by atoms with E-state index in [4.69, 9.17) is 0 Å². The third kappa shape index (κ3) is 3.31. The number of hydrogen-bond acceptors (Lipinski definition) is 4. The van der Waals surface area contributed by atoms with Crippen molar-refractivity contribution in [2.24, 2.45) is 0 Å². The molecule has 2 aromatic rings. The Morgan fingerprint density at radius 3 is 2.79 bits per heavy atom. The highest BCUT2D eigenvalue weighted by atomic mass is 16.2. The number of hydrogen-bond donors (Lipinski definition) is 3. The molecule has 28 heavy (non-hydrogen) atoms. The lowest BCUT2D eigenvalue weighted by atomic mass is 10.0. The lowest BCUT2D eigenvalue weighted by molar-refractivity contribution is -0.117. The van der Waals surface area contributed by atoms with E-state index in [2.05, 4.69) is 16.0 Å². The average Bonchev–Trinajstić information content (AvgIpc) is 2.84. The maximum Gasteiger partial charge on any atom is 0.251 e. The second-order valence-corrected chi connectivity index (χ2v) is 7.20. The monoisotopic (exact) mass is 378 g/mol. The summed E-state index contributed by atoms with van der Waals surface area (Å²) in [6.07, 6.45) is 0.784. The predicted octanol–water partition coefficient (Wildman–Crippen LogP) is 2.45. The van der Waals surface area contributed by atoms with Crippen LogP contribution in [0, 0.1) is 0 Å². The fourth-order valence-corrected chi connectivity index (χ4v) is 3.59. The standard InChI is InChI=1S/C21H22N4O3/c1-12(13-4-6-18-15(9-13)11-20(27)25(18)2)23-21(28)14-3-5-16-17(10-14)22-8-7-19(26)24-16/h3-6,9-10,12,22H,7-8,11H2,1-2H3,(H,23,28)(H,24,26). The van der Waals surface area contributed by atoms with Crippen LogP contribution in [-0.2, 0) is 16.0 Å². The van der Waals surface area contributed by atoms with Gasteiger partial charge in [0.1, 0.15) is 0 Å². The topological polar surface area (TPSA) is 90.5 Å². The van der Waals surface area contributed by atoms with Gasteiger partial charge >= 0.3 is 0 Å². The average molecular weight is 378 g/mol. The van der Waals surface area contributed by atoms with Crippen LogP contribution in [0.4, 0.5) is 17.1 Å². The Kier molecular flexibility index (Phi) is 4.50. The van der Waals surface area contributed by atoms with E-state index in [1.807, 2.05) is 25.1 Å². The minimum absolute atomic E-state index is 0.0437. The molecule has 3 amide bonds. The molecule has 2 heterocycles. The van der Waals surface area contributed by atoms with Gasteiger partial charge in [-0.15, -0.1) is 0 Å². The second kappa shape index (κ2) is 6.99. The van der Waals surface area contributed by atoms with Crippen molar-refractivity contribution in [2.45, 2.75) is 25.8 Å². The fourth-order valence-electron chi connectivity index (χ4n) is 3.59. The van der Waals surface area contributed by atoms with Gasteiger partial charge in [0.25, 0.3) is 5.91 Å². The first kappa shape index (κ1) is 18.0. The van der Waals surface area contributed by atoms with Gasteiger partial charge in [-0.1, -0.05) is 12.1 Å². The first-order valence-electron chi connectivity index (χ1n) is 9.30. The summed E-state index contributed by atoms with van der Waals surface area (Å²) in [6.45, 7) is 2.45. The Balaban J connectivity index is 1.50. The zero-order valence-corrected chi connectivity index (χ0v) is 15.8. The molecular weight excluding hydrogens is 356 g/mol. The molecule has 2 aromatic carbocycles. The van der Waals surface area contributed by atoms with E-state index in [0.29, 0.717) is 30.6 Å². The molecule has 2 aliphatic rings. The first-order chi connectivity index (χ1) is 13.4. The van der Waals surface area contributed by atoms with Crippen LogP contribution in [0.15, 0.2) is 36.4 Å². The van der Waals surface area contributed by atoms with E-state index in [9.17, 15) is 14.4 Å². The Bertz CT molecular complexity index is 986. The summed E-state index contributed by atoms with van der Waals surface area (Å²) in [5.74, 6) is -0.160. The maximum atomic E-state index is 12.7. The molecule has 7 heteroatoms. The van der Waals surface area contributed by atoms with Gasteiger partial charge in [-0.3, -0.25) is 14.4 Å². The zero-order valence-electron chi connectivity index (χ0n) is 15.8. The summed E-state index contributed by atoms with van der Waals surface area (Å²) in [6, 6.07) is 10.8. The molecule has 2 aliphatic heterocycles. The number of amides is 3. The summed E-state index contributed by atoms with van der Waals surface area (Å²) in [7, 11) is 1.77. The summed E-state index contributed by atoms with van der Waals surface area (Å²) in [4.78, 5) is 37.9. The minimum atomic E-state index is -0.203. The van der Waals surface area contributed by atoms with Crippen LogP contribution in [0.25, 0.3) is 0 Å². The molecule has 1 unspecified atom stereocenters. The number of anilines is 3. The third-order valence-electron chi connectivity index (χ3n) is 5.25. The molecule has 0 bridgehead atoms. The van der Waals surface area contributed by atoms with Gasteiger partial charge in [-0.05, 0) is 42.3 Å². The molecule has 0 aliphatic carbocycles. The highest BCUT2D eigenvalue weighted by Gasteiger charge is 2.25. The number of carbonyl (C=O) groups excluding carboxylic acids is 3. The van der Waals surface area contributed by atoms with Crippen molar-refractivity contribution in [3.63, 3.8) is 0 Å². The molecule has 0 saturated heterocycles. The number of nitrogens with one attached hydrogen (secondary N) is 3. The van der Waals surface area contributed by atoms with E-state index in [0.717, 1.165) is 22.5 Å². The van der Waals surface area contributed by atoms with Crippen LogP contribution in [0.3, 0.4) is 0 Å². The van der Waals surface area contributed by atoms with Crippen LogP contribution in [-0.4, -0.2) is 31.3 Å². The molecule has 0 fully saturated rings. The number of carbonyl (C=O) groups is 3. The van der Waals surface area contributed by atoms with Crippen molar-refractivity contribution in [1.29, 1.82) is 0 Å². The fraction of sp³-hybridized carbons (Fsp3) is 0.286. The highest BCUT2D eigenvalue weighted by Crippen LogP contribution is 2.30. The van der Waals surface area contributed by atoms with Crippen LogP contribution in [0.5, 0.6) is 0 Å². The van der Waals surface area contributed by atoms with Crippen molar-refractivity contribution in [3.05, 3.63) is 53.1 Å². The molecule has 7 nitrogen and oxygen atoms in total. The van der Waals surface area contributed by atoms with Crippen LogP contribution in [0.2, 0.25) is 0 Å². The molecule has 1 atom stereocenters. The van der Waals surface area contributed by atoms with Gasteiger partial charge in [-0.2, -0.15) is 0 Å². The summed E-state index contributed by atoms with van der Waals surface area (Å²) >= 11 is 0. The van der Waals surface area contributed by atoms with Gasteiger partial charge in [0.2, 0.25) is 11.8 Å². The SMILES string of the molecule is CC(NC(=O)c1ccc2c(c1)NCCC(=O)N2)c1ccc2c(c1)CC(=O)N2C. The van der Waals surface area contributed by atoms with Crippen LogP contribution in [0.1, 0.15) is 40.9 Å². The van der Waals surface area contributed by atoms with E-state index in [1.165, 1.54) is 0 Å². The van der Waals surface area contributed by atoms with Crippen molar-refractivity contribution >= 4 is 34.8 Å². The van der Waals surface area contributed by atoms with Crippen molar-refractivity contribution < 1.29 is 14.4 Å². The molecule has 0 aromatic heterocycles. The normalized spacial score (nSPS) is 16.4. The largest absolute Gasteiger partial charge is 0.383 e. The molecule has 3 N–H and O–H groups in total. The Morgan fingerprint density at radius 2 is 1.96 bits per heavy atom. The van der Waals surface area contributed by atoms with Crippen LogP contribution >= 0.6 is 0 Å². The summed E-state index contributed by atoms with van der Waals surface area (Å²) in [5.41, 5.74) is 4.80. The highest BCUT2D eigenvalue weighted by molar-refractivity contribution is 6.01. The minimum Gasteiger partial charge on any atom is -0.383 e. The van der Waals surface area contributed by atoms with E-state index in [-0.39, 0.29) is 23.8 Å². The molecule has 144 valence electrons. The van der Waals surface area contributed by atoms with Crippen LogP contribution < -0.4 is 20.9 Å². The molecule has 0 spiro atoms. The number of fused-ring (bicyclic) bond motifs is 2. The Morgan fingerprint density at radius 1 is 1.14 bits per heavy atom. The molecule has 0 radical (unpaired) electrons. The van der Waals surface area contributed by atoms with Gasteiger partial charge in [-0.25, -0.2) is 0 Å². The third-order valence-corrected chi connectivity index (χ3v) is 5.25. The second-order valence-electron chi connectivity index (χ2n) is 7.20. The van der Waals surface area contributed by atoms with Gasteiger partial charge < -0.3 is 20.9 Å². The molecule has 0 saturated carbocycles. The van der Waals surface area contributed by atoms with Gasteiger partial charge in [0.05, 0.1) is 23.8 Å². The maximum absolute atomic E-state index is 12.7. The Hall–Kier alpha value is -3.35. The first-order valence-corrected chi connectivity index (χ1v) is 9.30. The van der Waals surface area contributed by atoms with Crippen molar-refractivity contribution in [1.82, 2.24) is 5.32 Å². The Labute approximate surface area is 163 Å². The number of rotatable bonds is 3.